The van der Waals surface area contributed by atoms with Crippen LogP contribution in [0.3, 0.4) is 0 Å². The van der Waals surface area contributed by atoms with E-state index in [0.29, 0.717) is 0 Å². The van der Waals surface area contributed by atoms with E-state index in [2.05, 4.69) is 19.3 Å². The van der Waals surface area contributed by atoms with Gasteiger partial charge in [0.15, 0.2) is 0 Å². The van der Waals surface area contributed by atoms with Gasteiger partial charge in [0, 0.05) is 32.7 Å². The Labute approximate surface area is 80.9 Å². The normalized spacial score (nSPS) is 5.22. The van der Waals surface area contributed by atoms with Gasteiger partial charge in [-0.3, -0.25) is 12.4 Å². The van der Waals surface area contributed by atoms with Gasteiger partial charge in [0.1, 0.15) is 0 Å². The first-order chi connectivity index (χ1) is 3.81. The summed E-state index contributed by atoms with van der Waals surface area (Å²) in [6.45, 7) is 9.67. The molecule has 0 rings (SSSR count). The average Bonchev–Trinajstić information content (AvgIpc) is 1.91. The van der Waals surface area contributed by atoms with Gasteiger partial charge in [-0.15, -0.1) is 0 Å². The summed E-state index contributed by atoms with van der Waals surface area (Å²) < 4.78 is 0. The van der Waals surface area contributed by atoms with Crippen molar-refractivity contribution in [2.45, 2.75) is 6.92 Å². The number of amides is 1. The van der Waals surface area contributed by atoms with E-state index in [-0.39, 0.29) is 32.7 Å². The van der Waals surface area contributed by atoms with Crippen LogP contribution >= 0.6 is 0 Å². The van der Waals surface area contributed by atoms with Crippen LogP contribution < -0.4 is 11.3 Å². The average molecular weight is 203 g/mol. The monoisotopic (exact) mass is 203 g/mol. The third kappa shape index (κ3) is 17.8. The molecule has 0 atom stereocenters. The second-order valence-electron chi connectivity index (χ2n) is 0.675. The van der Waals surface area contributed by atoms with Gasteiger partial charge in [-0.05, 0) is 0 Å². The van der Waals surface area contributed by atoms with Crippen LogP contribution in [0.2, 0.25) is 0 Å². The molecule has 0 aliphatic rings. The smallest absolute Gasteiger partial charge is 0.0981 e. The summed E-state index contributed by atoms with van der Waals surface area (Å²) in [6, 6.07) is 0. The number of carbonyl (C=O) groups excluding carboxylic acids is 1. The Morgan fingerprint density at radius 2 is 2.11 bits per heavy atom. The molecule has 4 heteroatoms. The first-order valence-corrected chi connectivity index (χ1v) is 2.07. The Bertz CT molecular complexity index is 75.4. The van der Waals surface area contributed by atoms with E-state index in [1.807, 2.05) is 0 Å². The van der Waals surface area contributed by atoms with Crippen molar-refractivity contribution < 1.29 is 37.5 Å². The minimum absolute atomic E-state index is 0. The van der Waals surface area contributed by atoms with Crippen molar-refractivity contribution in [2.24, 2.45) is 5.84 Å². The minimum Gasteiger partial charge on any atom is -0.382 e. The van der Waals surface area contributed by atoms with Crippen LogP contribution in [0, 0.1) is 13.5 Å². The van der Waals surface area contributed by atoms with Crippen LogP contribution in [0.15, 0.2) is 6.08 Å². The fourth-order valence-corrected chi connectivity index (χ4v) is 0.0481. The fourth-order valence-electron chi connectivity index (χ4n) is 0.0481. The van der Waals surface area contributed by atoms with E-state index < -0.39 is 5.91 Å². The molecule has 3 N–H and O–H groups in total. The SMILES string of the molecule is [CH-]=CC(=O)NN.[CH2-]C.[Y]. The molecular weight excluding hydrogens is 193 g/mol. The van der Waals surface area contributed by atoms with Crippen molar-refractivity contribution in [1.29, 1.82) is 0 Å². The molecule has 0 aromatic heterocycles. The quantitative estimate of drug-likeness (QED) is 0.204. The maximum atomic E-state index is 9.76. The van der Waals surface area contributed by atoms with Gasteiger partial charge in [0.05, 0.1) is 5.91 Å². The molecule has 9 heavy (non-hydrogen) atoms. The summed E-state index contributed by atoms with van der Waals surface area (Å²) >= 11 is 0. The molecule has 0 bridgehead atoms. The molecule has 0 aromatic carbocycles. The molecule has 1 radical (unpaired) electrons. The molecule has 0 aliphatic heterocycles. The van der Waals surface area contributed by atoms with E-state index in [9.17, 15) is 4.79 Å². The molecule has 1 amide bonds. The Morgan fingerprint density at radius 3 is 2.11 bits per heavy atom. The molecule has 0 fully saturated rings. The second-order valence-corrected chi connectivity index (χ2v) is 0.675. The molecule has 0 aliphatic carbocycles. The van der Waals surface area contributed by atoms with Gasteiger partial charge in [-0.25, -0.2) is 0 Å². The van der Waals surface area contributed by atoms with Gasteiger partial charge in [-0.2, -0.15) is 13.0 Å². The van der Waals surface area contributed by atoms with Gasteiger partial charge in [0.25, 0.3) is 0 Å². The molecule has 3 nitrogen and oxygen atoms in total. The Kier molecular flexibility index (Phi) is 28.2. The van der Waals surface area contributed by atoms with E-state index in [4.69, 9.17) is 0 Å². The molecule has 0 aromatic rings. The third-order valence-electron chi connectivity index (χ3n) is 0.294. The van der Waals surface area contributed by atoms with Crippen LogP contribution in [-0.4, -0.2) is 5.91 Å². The molecular formula is C5H10N2OY-2. The number of rotatable bonds is 1. The minimum atomic E-state index is -0.477. The van der Waals surface area contributed by atoms with Gasteiger partial charge in [-0.1, -0.05) is 0 Å². The summed E-state index contributed by atoms with van der Waals surface area (Å²) in [7, 11) is 0. The topological polar surface area (TPSA) is 55.1 Å². The zero-order valence-electron chi connectivity index (χ0n) is 5.42. The van der Waals surface area contributed by atoms with Gasteiger partial charge < -0.3 is 17.1 Å². The van der Waals surface area contributed by atoms with Crippen molar-refractivity contribution in [1.82, 2.24) is 5.43 Å². The molecule has 0 heterocycles. The van der Waals surface area contributed by atoms with Crippen molar-refractivity contribution in [3.8, 4) is 0 Å². The first-order valence-electron chi connectivity index (χ1n) is 2.07. The number of hydrogen-bond donors (Lipinski definition) is 2. The fraction of sp³-hybridized carbons (Fsp3) is 0.200. The molecule has 0 saturated heterocycles. The number of hydrazine groups is 1. The van der Waals surface area contributed by atoms with Crippen LogP contribution in [0.4, 0.5) is 0 Å². The zero-order chi connectivity index (χ0) is 6.99. The largest absolute Gasteiger partial charge is 0.382 e. The van der Waals surface area contributed by atoms with Crippen molar-refractivity contribution in [2.75, 3.05) is 0 Å². The second kappa shape index (κ2) is 15.7. The van der Waals surface area contributed by atoms with Crippen LogP contribution in [-0.2, 0) is 37.5 Å². The Hall–Kier alpha value is 0.274. The van der Waals surface area contributed by atoms with E-state index >= 15 is 0 Å². The van der Waals surface area contributed by atoms with Crippen LogP contribution in [0.5, 0.6) is 0 Å². The summed E-state index contributed by atoms with van der Waals surface area (Å²) in [6.07, 6.45) is 0.847. The zero-order valence-corrected chi connectivity index (χ0v) is 8.26. The van der Waals surface area contributed by atoms with Gasteiger partial charge in [0.2, 0.25) is 0 Å². The predicted molar refractivity (Wildman–Crippen MR) is 32.2 cm³/mol. The number of hydrogen-bond acceptors (Lipinski definition) is 2. The summed E-state index contributed by atoms with van der Waals surface area (Å²) in [5, 5.41) is 0. The molecule has 0 spiro atoms. The molecule has 51 valence electrons. The van der Waals surface area contributed by atoms with Crippen molar-refractivity contribution >= 4 is 5.91 Å². The van der Waals surface area contributed by atoms with Crippen LogP contribution in [0.1, 0.15) is 6.92 Å². The van der Waals surface area contributed by atoms with Gasteiger partial charge >= 0.3 is 0 Å². The predicted octanol–water partition coefficient (Wildman–Crippen LogP) is -0.197. The number of nitrogens with one attached hydrogen (secondary N) is 1. The van der Waals surface area contributed by atoms with Crippen LogP contribution in [0.25, 0.3) is 0 Å². The number of nitrogens with two attached hydrogens (primary N) is 1. The molecule has 0 saturated carbocycles. The first kappa shape index (κ1) is 16.1. The third-order valence-corrected chi connectivity index (χ3v) is 0.294. The summed E-state index contributed by atoms with van der Waals surface area (Å²) in [5.41, 5.74) is 1.80. The summed E-state index contributed by atoms with van der Waals surface area (Å²) in [4.78, 5) is 9.76. The molecule has 0 unspecified atom stereocenters. The Balaban J connectivity index is -0.000000109. The van der Waals surface area contributed by atoms with E-state index in [0.717, 1.165) is 6.08 Å². The number of carbonyl (C=O) groups is 1. The summed E-state index contributed by atoms with van der Waals surface area (Å²) in [5.74, 6) is 4.09. The Morgan fingerprint density at radius 1 is 1.78 bits per heavy atom. The van der Waals surface area contributed by atoms with Crippen molar-refractivity contribution in [3.05, 3.63) is 19.6 Å². The van der Waals surface area contributed by atoms with E-state index in [1.54, 1.807) is 12.3 Å². The maximum absolute atomic E-state index is 9.76. The maximum Gasteiger partial charge on any atom is 0.0981 e. The van der Waals surface area contributed by atoms with E-state index in [1.165, 1.54) is 0 Å². The van der Waals surface area contributed by atoms with Crippen molar-refractivity contribution in [3.63, 3.8) is 0 Å². The standard InChI is InChI=1S/C3H5N2O.C2H5.Y/c1-2-3(6)5-4;1-2;/h1-2H,4H2,(H,5,6);1H2,2H3;/q2*-1;.